The van der Waals surface area contributed by atoms with Gasteiger partial charge < -0.3 is 10.7 Å². The van der Waals surface area contributed by atoms with Crippen molar-refractivity contribution in [2.24, 2.45) is 5.73 Å². The number of aromatic nitrogens is 1. The summed E-state index contributed by atoms with van der Waals surface area (Å²) in [6.07, 6.45) is 0.977. The summed E-state index contributed by atoms with van der Waals surface area (Å²) >= 11 is 0. The molecule has 2 aromatic carbocycles. The van der Waals surface area contributed by atoms with Crippen molar-refractivity contribution in [2.75, 3.05) is 11.0 Å². The molecule has 3 aromatic rings. The molecule has 3 rings (SSSR count). The van der Waals surface area contributed by atoms with Crippen molar-refractivity contribution >= 4 is 42.4 Å². The summed E-state index contributed by atoms with van der Waals surface area (Å²) in [6.45, 7) is 0. The lowest BCUT2D eigenvalue weighted by atomic mass is 10.2. The number of carbonyl (C=O) groups excluding carboxylic acids is 1. The van der Waals surface area contributed by atoms with Gasteiger partial charge in [-0.15, -0.1) is 0 Å². The average molecular weight is 393 g/mol. The molecule has 0 bridgehead atoms. The fraction of sp³-hybridized carbons (Fsp3) is 0.0625. The maximum Gasteiger partial charge on any atom is 0.266 e. The molecule has 8 nitrogen and oxygen atoms in total. The summed E-state index contributed by atoms with van der Waals surface area (Å²) in [6, 6.07) is 11.8. The fourth-order valence-corrected chi connectivity index (χ4v) is 4.80. The third-order valence-electron chi connectivity index (χ3n) is 3.62. The predicted molar refractivity (Wildman–Crippen MR) is 97.2 cm³/mol. The van der Waals surface area contributed by atoms with Crippen LogP contribution >= 0.6 is 0 Å². The van der Waals surface area contributed by atoms with Crippen molar-refractivity contribution in [3.63, 3.8) is 0 Å². The van der Waals surface area contributed by atoms with Gasteiger partial charge in [-0.3, -0.25) is 9.52 Å². The van der Waals surface area contributed by atoms with Gasteiger partial charge in [0.25, 0.3) is 5.91 Å². The Hall–Kier alpha value is -2.85. The van der Waals surface area contributed by atoms with E-state index in [1.54, 1.807) is 18.2 Å². The van der Waals surface area contributed by atoms with E-state index in [0.29, 0.717) is 5.52 Å². The molecule has 0 unspecified atom stereocenters. The van der Waals surface area contributed by atoms with E-state index in [9.17, 15) is 21.6 Å². The zero-order valence-electron chi connectivity index (χ0n) is 13.6. The number of H-pyrrole nitrogens is 1. The zero-order chi connectivity index (χ0) is 19.1. The largest absolute Gasteiger partial charge is 0.364 e. The molecule has 0 spiro atoms. The average Bonchev–Trinajstić information content (AvgIpc) is 2.94. The van der Waals surface area contributed by atoms with Gasteiger partial charge in [0.15, 0.2) is 0 Å². The lowest BCUT2D eigenvalue weighted by Crippen LogP contribution is -2.16. The van der Waals surface area contributed by atoms with Gasteiger partial charge in [0.2, 0.25) is 19.9 Å². The summed E-state index contributed by atoms with van der Waals surface area (Å²) < 4.78 is 51.3. The highest BCUT2D eigenvalue weighted by atomic mass is 32.2. The van der Waals surface area contributed by atoms with Crippen molar-refractivity contribution in [1.29, 1.82) is 0 Å². The fourth-order valence-electron chi connectivity index (χ4n) is 2.61. The minimum atomic E-state index is -4.07. The monoisotopic (exact) mass is 393 g/mol. The van der Waals surface area contributed by atoms with Crippen molar-refractivity contribution in [3.05, 3.63) is 54.2 Å². The molecule has 136 valence electrons. The van der Waals surface area contributed by atoms with Crippen LogP contribution in [0.25, 0.3) is 10.9 Å². The highest BCUT2D eigenvalue weighted by Crippen LogP contribution is 2.33. The minimum Gasteiger partial charge on any atom is -0.364 e. The van der Waals surface area contributed by atoms with Gasteiger partial charge in [0, 0.05) is 16.6 Å². The SMILES string of the molecule is CS(=O)(=O)Nc1ccc2[nH]c(C(N)=O)c(S(=O)(=O)c3ccccc3)c2c1. The van der Waals surface area contributed by atoms with E-state index in [1.165, 1.54) is 30.3 Å². The second-order valence-electron chi connectivity index (χ2n) is 5.64. The molecule has 0 radical (unpaired) electrons. The predicted octanol–water partition coefficient (Wildman–Crippen LogP) is 1.47. The Bertz CT molecular complexity index is 1210. The number of hydrogen-bond donors (Lipinski definition) is 3. The molecule has 0 saturated heterocycles. The molecule has 0 saturated carbocycles. The zero-order valence-corrected chi connectivity index (χ0v) is 15.2. The number of nitrogens with one attached hydrogen (secondary N) is 2. The number of hydrogen-bond acceptors (Lipinski definition) is 5. The molecule has 0 atom stereocenters. The number of benzene rings is 2. The highest BCUT2D eigenvalue weighted by Gasteiger charge is 2.28. The summed E-state index contributed by atoms with van der Waals surface area (Å²) in [7, 11) is -7.62. The van der Waals surface area contributed by atoms with Gasteiger partial charge in [0.05, 0.1) is 11.2 Å². The molecule has 0 aliphatic rings. The molecular weight excluding hydrogens is 378 g/mol. The Morgan fingerprint density at radius 3 is 2.27 bits per heavy atom. The molecule has 10 heteroatoms. The third kappa shape index (κ3) is 3.28. The van der Waals surface area contributed by atoms with E-state index in [4.69, 9.17) is 5.73 Å². The number of amides is 1. The number of fused-ring (bicyclic) bond motifs is 1. The van der Waals surface area contributed by atoms with E-state index in [1.807, 2.05) is 0 Å². The Morgan fingerprint density at radius 1 is 1.04 bits per heavy atom. The van der Waals surface area contributed by atoms with Gasteiger partial charge in [-0.1, -0.05) is 18.2 Å². The van der Waals surface area contributed by atoms with E-state index in [0.717, 1.165) is 6.26 Å². The number of primary amides is 1. The van der Waals surface area contributed by atoms with E-state index >= 15 is 0 Å². The van der Waals surface area contributed by atoms with Crippen LogP contribution in [-0.2, 0) is 19.9 Å². The van der Waals surface area contributed by atoms with Crippen LogP contribution in [0.2, 0.25) is 0 Å². The molecule has 0 aliphatic carbocycles. The minimum absolute atomic E-state index is 0.00937. The maximum absolute atomic E-state index is 13.1. The smallest absolute Gasteiger partial charge is 0.266 e. The second kappa shape index (κ2) is 6.15. The highest BCUT2D eigenvalue weighted by molar-refractivity contribution is 7.92. The molecule has 1 amide bonds. The molecule has 0 fully saturated rings. The number of aromatic amines is 1. The summed E-state index contributed by atoms with van der Waals surface area (Å²) in [5, 5.41) is 0.163. The van der Waals surface area contributed by atoms with E-state index in [2.05, 4.69) is 9.71 Å². The lowest BCUT2D eigenvalue weighted by Gasteiger charge is -2.07. The number of carbonyl (C=O) groups is 1. The molecule has 1 heterocycles. The number of sulfone groups is 1. The Kier molecular flexibility index (Phi) is 4.24. The summed E-state index contributed by atoms with van der Waals surface area (Å²) in [5.74, 6) is -0.937. The number of rotatable bonds is 5. The molecule has 4 N–H and O–H groups in total. The van der Waals surface area contributed by atoms with Crippen molar-refractivity contribution < 1.29 is 21.6 Å². The second-order valence-corrected chi connectivity index (χ2v) is 9.28. The van der Waals surface area contributed by atoms with Crippen LogP contribution in [0.1, 0.15) is 10.5 Å². The first-order valence-electron chi connectivity index (χ1n) is 7.33. The number of nitrogens with two attached hydrogens (primary N) is 1. The van der Waals surface area contributed by atoms with Crippen molar-refractivity contribution in [2.45, 2.75) is 9.79 Å². The van der Waals surface area contributed by atoms with E-state index in [-0.39, 0.29) is 26.6 Å². The van der Waals surface area contributed by atoms with Crippen molar-refractivity contribution in [1.82, 2.24) is 4.98 Å². The van der Waals surface area contributed by atoms with Crippen LogP contribution in [0.4, 0.5) is 5.69 Å². The topological polar surface area (TPSA) is 139 Å². The van der Waals surface area contributed by atoms with Gasteiger partial charge in [-0.2, -0.15) is 0 Å². The van der Waals surface area contributed by atoms with Gasteiger partial charge >= 0.3 is 0 Å². The summed E-state index contributed by atoms with van der Waals surface area (Å²) in [4.78, 5) is 14.2. The van der Waals surface area contributed by atoms with Gasteiger partial charge in [0.1, 0.15) is 10.6 Å². The summed E-state index contributed by atoms with van der Waals surface area (Å²) in [5.41, 5.74) is 5.59. The lowest BCUT2D eigenvalue weighted by molar-refractivity contribution is 0.0993. The first-order chi connectivity index (χ1) is 12.1. The molecule has 1 aromatic heterocycles. The van der Waals surface area contributed by atoms with Crippen molar-refractivity contribution in [3.8, 4) is 0 Å². The normalized spacial score (nSPS) is 12.2. The van der Waals surface area contributed by atoms with E-state index < -0.39 is 25.8 Å². The van der Waals surface area contributed by atoms with Gasteiger partial charge in [-0.25, -0.2) is 16.8 Å². The number of anilines is 1. The van der Waals surface area contributed by atoms with Crippen LogP contribution in [0.15, 0.2) is 58.3 Å². The Labute approximate surface area is 150 Å². The van der Waals surface area contributed by atoms with Crippen LogP contribution < -0.4 is 10.5 Å². The quantitative estimate of drug-likeness (QED) is 0.602. The van der Waals surface area contributed by atoms with Crippen LogP contribution in [0.3, 0.4) is 0 Å². The first kappa shape index (κ1) is 18.0. The number of sulfonamides is 1. The van der Waals surface area contributed by atoms with Gasteiger partial charge in [-0.05, 0) is 30.3 Å². The molecule has 0 aliphatic heterocycles. The Morgan fingerprint density at radius 2 is 1.69 bits per heavy atom. The first-order valence-corrected chi connectivity index (χ1v) is 10.7. The van der Waals surface area contributed by atoms with Crippen LogP contribution in [0, 0.1) is 0 Å². The molecule has 26 heavy (non-hydrogen) atoms. The van der Waals surface area contributed by atoms with Crippen LogP contribution in [0.5, 0.6) is 0 Å². The Balaban J connectivity index is 2.33. The standard InChI is InChI=1S/C16H15N3O5S2/c1-25(21,22)19-10-7-8-13-12(9-10)15(14(18-13)16(17)20)26(23,24)11-5-3-2-4-6-11/h2-9,18-19H,1H3,(H2,17,20). The van der Waals surface area contributed by atoms with Crippen LogP contribution in [-0.4, -0.2) is 34.0 Å². The third-order valence-corrected chi connectivity index (χ3v) is 6.08. The molecular formula is C16H15N3O5S2. The maximum atomic E-state index is 13.1.